The molecule has 42 nitrogen and oxygen atoms in total. The highest BCUT2D eigenvalue weighted by Crippen LogP contribution is 2.29. The maximum atomic E-state index is 13.9. The van der Waals surface area contributed by atoms with Gasteiger partial charge in [-0.05, 0) is 51.4 Å². The number of nitrogens with one attached hydrogen (secondary N) is 7. The minimum atomic E-state index is -1.85. The molecule has 0 aromatic carbocycles. The first kappa shape index (κ1) is 90.7. The molecule has 24 atom stereocenters. The molecule has 8 unspecified atom stereocenters. The maximum Gasteiger partial charge on any atom is 0.303 e. The van der Waals surface area contributed by atoms with Crippen LogP contribution in [0.2, 0.25) is 0 Å². The Morgan fingerprint density at radius 2 is 0.524 bits per heavy atom. The highest BCUT2D eigenvalue weighted by atomic mass is 16.6. The lowest BCUT2D eigenvalue weighted by molar-refractivity contribution is -0.230. The standard InChI is InChI=1S/C63H102N8O34/c64-28(2-10-36-52(90)60(98)56(94)40(23-72)102-36)32(77)6-14-45(82)66-20-48(85)70-30(4-12-38-54(92)62(100)58(96)42(25-74)104-38)34(79)8-16-47(84)68-22-50(87)71-31(5-13-39-55(93)63(101)59(97)43(26-75)105-39)35(80)9-17-46(83)67-21-49(86)69-29(3-11-37-53(91)61(99)57(95)41(24-73)103-37)33(78)7-15-44(81)65-19-27(76)1-18-51(88)89/h28-31,36-43,52-63,72-75,90-101H,1-26,64H2,(H,65,81)(H,66,82)(H,67,83)(H,68,84)(H,69,86)(H,70,85)(H,71,87)(H,88,89)/t28-,29-,30-,31-,36+,37+,38+,39+,40?,41?,42?,43?,52?,53?,54?,55?,56-,57-,58-,59-,60+,61+,62+,63+/m0/s1. The number of hydrogen-bond acceptors (Lipinski definition) is 34. The summed E-state index contributed by atoms with van der Waals surface area (Å²) in [6.45, 7) is -6.18. The Hall–Kier alpha value is -6.73. The SMILES string of the molecule is N[C@@H](CC[C@H]1OC(CO)[C@H](O)[C@H](O)C1O)C(=O)CCC(=O)NCC(=O)N[C@@H](CC[C@H]1OC(CO)[C@H](O)[C@H](O)C1O)C(=O)CCC(=O)NCC(=O)N[C@@H](CC[C@H]1OC(CO)[C@H](O)[C@H](O)C1O)C(=O)CCC(=O)NCC(=O)N[C@@H](CC[C@H]1OC(CO)[C@H](O)[C@H](O)C1O)C(=O)CCC(=O)NCC(=O)CCC(=O)O. The summed E-state index contributed by atoms with van der Waals surface area (Å²) in [5.41, 5.74) is 5.99. The van der Waals surface area contributed by atoms with Crippen molar-refractivity contribution in [2.75, 3.05) is 52.6 Å². The number of Topliss-reactive ketones (excluding diaryl/α,β-unsaturated/α-hetero) is 5. The van der Waals surface area contributed by atoms with Crippen LogP contribution in [0, 0.1) is 0 Å². The molecule has 4 heterocycles. The monoisotopic (exact) mass is 1510 g/mol. The molecule has 0 bridgehead atoms. The number of carboxylic acids is 1. The number of aliphatic hydroxyl groups excluding tert-OH is 16. The number of carbonyl (C=O) groups is 13. The Bertz CT molecular complexity index is 2890. The van der Waals surface area contributed by atoms with E-state index in [1.54, 1.807) is 0 Å². The molecule has 0 spiro atoms. The highest BCUT2D eigenvalue weighted by molar-refractivity contribution is 5.97. The fourth-order valence-corrected chi connectivity index (χ4v) is 11.9. The van der Waals surface area contributed by atoms with Crippen LogP contribution < -0.4 is 43.0 Å². The van der Waals surface area contributed by atoms with E-state index < -0.39 is 346 Å². The zero-order valence-electron chi connectivity index (χ0n) is 57.4. The molecule has 26 N–H and O–H groups in total. The maximum absolute atomic E-state index is 13.9. The van der Waals surface area contributed by atoms with Crippen molar-refractivity contribution in [1.82, 2.24) is 37.2 Å². The second-order valence-electron chi connectivity index (χ2n) is 26.2. The fraction of sp³-hybridized carbons (Fsp3) is 0.794. The van der Waals surface area contributed by atoms with E-state index in [1.807, 2.05) is 0 Å². The molecule has 0 saturated carbocycles. The average molecular weight is 1520 g/mol. The molecule has 0 aliphatic carbocycles. The topological polar surface area (TPSA) is 713 Å². The summed E-state index contributed by atoms with van der Waals surface area (Å²) in [5, 5.41) is 188. The van der Waals surface area contributed by atoms with E-state index in [2.05, 4.69) is 37.2 Å². The van der Waals surface area contributed by atoms with E-state index in [1.165, 1.54) is 0 Å². The van der Waals surface area contributed by atoms with E-state index in [4.69, 9.17) is 29.8 Å². The zero-order chi connectivity index (χ0) is 78.5. The van der Waals surface area contributed by atoms with Gasteiger partial charge in [-0.2, -0.15) is 0 Å². The van der Waals surface area contributed by atoms with Crippen molar-refractivity contribution in [3.8, 4) is 0 Å². The van der Waals surface area contributed by atoms with Gasteiger partial charge in [0.15, 0.2) is 23.1 Å². The number of carboxylic acid groups (broad SMARTS) is 1. The molecule has 105 heavy (non-hydrogen) atoms. The first-order valence-corrected chi connectivity index (χ1v) is 34.3. The minimum Gasteiger partial charge on any atom is -0.481 e. The molecule has 4 aliphatic rings. The van der Waals surface area contributed by atoms with Crippen LogP contribution in [0.4, 0.5) is 0 Å². The third kappa shape index (κ3) is 29.1. The molecule has 0 radical (unpaired) electrons. The van der Waals surface area contributed by atoms with Crippen molar-refractivity contribution in [3.63, 3.8) is 0 Å². The van der Waals surface area contributed by atoms with Gasteiger partial charge in [0.25, 0.3) is 0 Å². The van der Waals surface area contributed by atoms with Gasteiger partial charge in [-0.15, -0.1) is 0 Å². The molecule has 4 fully saturated rings. The fourth-order valence-electron chi connectivity index (χ4n) is 11.9. The lowest BCUT2D eigenvalue weighted by Crippen LogP contribution is -2.58. The van der Waals surface area contributed by atoms with Crippen molar-refractivity contribution in [3.05, 3.63) is 0 Å². The van der Waals surface area contributed by atoms with Crippen molar-refractivity contribution in [1.29, 1.82) is 0 Å². The lowest BCUT2D eigenvalue weighted by atomic mass is 9.91. The highest BCUT2D eigenvalue weighted by Gasteiger charge is 2.47. The number of ether oxygens (including phenoxy) is 4. The van der Waals surface area contributed by atoms with Gasteiger partial charge < -0.3 is 149 Å². The second-order valence-corrected chi connectivity index (χ2v) is 26.2. The van der Waals surface area contributed by atoms with Crippen molar-refractivity contribution in [2.45, 2.75) is 262 Å². The third-order valence-corrected chi connectivity index (χ3v) is 18.4. The van der Waals surface area contributed by atoms with Gasteiger partial charge in [-0.1, -0.05) is 0 Å². The normalized spacial score (nSPS) is 30.0. The summed E-state index contributed by atoms with van der Waals surface area (Å²) in [6.07, 6.45) is -39.3. The number of carbonyl (C=O) groups excluding carboxylic acids is 12. The number of ketones is 5. The molecule has 42 heteroatoms. The van der Waals surface area contributed by atoms with E-state index in [9.17, 15) is 144 Å². The summed E-state index contributed by atoms with van der Waals surface area (Å²) in [4.78, 5) is 168. The van der Waals surface area contributed by atoms with Crippen LogP contribution in [0.3, 0.4) is 0 Å². The van der Waals surface area contributed by atoms with Gasteiger partial charge >= 0.3 is 5.97 Å². The van der Waals surface area contributed by atoms with Crippen LogP contribution in [0.15, 0.2) is 0 Å². The summed E-state index contributed by atoms with van der Waals surface area (Å²) in [5.74, 6) is -11.7. The molecule has 4 saturated heterocycles. The van der Waals surface area contributed by atoms with Gasteiger partial charge in [0.1, 0.15) is 103 Å². The van der Waals surface area contributed by atoms with Crippen LogP contribution in [0.1, 0.15) is 116 Å². The van der Waals surface area contributed by atoms with E-state index in [0.29, 0.717) is 0 Å². The molecular weight excluding hydrogens is 1410 g/mol. The molecule has 0 aromatic heterocycles. The molecule has 7 amide bonds. The van der Waals surface area contributed by atoms with Gasteiger partial charge in [-0.3, -0.25) is 62.3 Å². The Balaban J connectivity index is 1.37. The average Bonchev–Trinajstić information content (AvgIpc) is 0.836. The number of hydrogen-bond donors (Lipinski definition) is 25. The lowest BCUT2D eigenvalue weighted by Gasteiger charge is -2.40. The molecule has 0 aromatic rings. The Morgan fingerprint density at radius 1 is 0.286 bits per heavy atom. The predicted molar refractivity (Wildman–Crippen MR) is 347 cm³/mol. The molecule has 598 valence electrons. The van der Waals surface area contributed by atoms with E-state index >= 15 is 0 Å². The van der Waals surface area contributed by atoms with Crippen LogP contribution in [-0.4, -0.2) is 362 Å². The largest absolute Gasteiger partial charge is 0.481 e. The number of aliphatic hydroxyl groups is 16. The second kappa shape index (κ2) is 45.2. The summed E-state index contributed by atoms with van der Waals surface area (Å²) < 4.78 is 22.0. The van der Waals surface area contributed by atoms with Crippen LogP contribution in [0.5, 0.6) is 0 Å². The van der Waals surface area contributed by atoms with Crippen molar-refractivity contribution < 1.29 is 168 Å². The summed E-state index contributed by atoms with van der Waals surface area (Å²) >= 11 is 0. The number of nitrogens with two attached hydrogens (primary N) is 1. The Kier molecular flexibility index (Phi) is 39.0. The quantitative estimate of drug-likeness (QED) is 0.0269. The number of aliphatic carboxylic acids is 1. The predicted octanol–water partition coefficient (Wildman–Crippen LogP) is -13.4. The first-order valence-electron chi connectivity index (χ1n) is 34.3. The van der Waals surface area contributed by atoms with Crippen molar-refractivity contribution >= 4 is 76.2 Å². The third-order valence-electron chi connectivity index (χ3n) is 18.4. The first-order chi connectivity index (χ1) is 49.5. The Morgan fingerprint density at radius 3 is 0.781 bits per heavy atom. The molecule has 4 rings (SSSR count). The van der Waals surface area contributed by atoms with Crippen LogP contribution in [0.25, 0.3) is 0 Å². The number of rotatable bonds is 46. The molecule has 4 aliphatic heterocycles. The summed E-state index contributed by atoms with van der Waals surface area (Å²) in [6, 6.07) is -5.80. The van der Waals surface area contributed by atoms with E-state index in [0.717, 1.165) is 0 Å². The van der Waals surface area contributed by atoms with E-state index in [-0.39, 0.29) is 44.9 Å². The zero-order valence-corrected chi connectivity index (χ0v) is 57.4. The van der Waals surface area contributed by atoms with Crippen LogP contribution in [-0.2, 0) is 81.3 Å². The smallest absolute Gasteiger partial charge is 0.303 e. The minimum absolute atomic E-state index is 0.0911. The van der Waals surface area contributed by atoms with Gasteiger partial charge in [0, 0.05) is 57.8 Å². The van der Waals surface area contributed by atoms with Gasteiger partial charge in [0.05, 0.1) is 108 Å². The number of amides is 7. The summed E-state index contributed by atoms with van der Waals surface area (Å²) in [7, 11) is 0. The van der Waals surface area contributed by atoms with Crippen LogP contribution >= 0.6 is 0 Å². The van der Waals surface area contributed by atoms with Gasteiger partial charge in [0.2, 0.25) is 41.4 Å². The van der Waals surface area contributed by atoms with Crippen molar-refractivity contribution in [2.24, 2.45) is 5.73 Å². The molecular formula is C63H102N8O34. The van der Waals surface area contributed by atoms with Gasteiger partial charge in [-0.25, -0.2) is 0 Å². The Labute approximate surface area is 600 Å².